The molecule has 0 aromatic heterocycles. The fraction of sp³-hybridized carbons (Fsp3) is 0.529. The molecule has 6 nitrogen and oxygen atoms in total. The van der Waals surface area contributed by atoms with E-state index >= 15 is 0 Å². The predicted molar refractivity (Wildman–Crippen MR) is 106 cm³/mol. The topological polar surface area (TPSA) is 77.0 Å². The first-order chi connectivity index (χ1) is 11.6. The maximum Gasteiger partial charge on any atom is 0.222 e. The normalized spacial score (nSPS) is 17.2. The predicted octanol–water partition coefficient (Wildman–Crippen LogP) is 1.61. The van der Waals surface area contributed by atoms with Crippen LogP contribution in [0.15, 0.2) is 23.2 Å². The van der Waals surface area contributed by atoms with Gasteiger partial charge in [-0.15, -0.1) is 24.0 Å². The number of carbonyl (C=O) groups is 1. The van der Waals surface area contributed by atoms with Crippen LogP contribution in [0.25, 0.3) is 0 Å². The summed E-state index contributed by atoms with van der Waals surface area (Å²) in [6.07, 6.45) is 1.41. The lowest BCUT2D eigenvalue weighted by Crippen LogP contribution is -2.44. The fourth-order valence-electron chi connectivity index (χ4n) is 2.76. The van der Waals surface area contributed by atoms with Gasteiger partial charge in [0.15, 0.2) is 5.96 Å². The molecular weight excluding hydrogens is 438 g/mol. The van der Waals surface area contributed by atoms with Gasteiger partial charge in [-0.1, -0.05) is 13.0 Å². The summed E-state index contributed by atoms with van der Waals surface area (Å²) >= 11 is 0. The summed E-state index contributed by atoms with van der Waals surface area (Å²) in [6.45, 7) is 3.46. The van der Waals surface area contributed by atoms with Crippen LogP contribution in [0.5, 0.6) is 0 Å². The molecule has 3 N–H and O–H groups in total. The first-order valence-electron chi connectivity index (χ1n) is 8.20. The van der Waals surface area contributed by atoms with Gasteiger partial charge < -0.3 is 20.6 Å². The Hall–Kier alpha value is -1.42. The quantitative estimate of drug-likeness (QED) is 0.352. The number of aliphatic hydroxyl groups is 1. The van der Waals surface area contributed by atoms with Gasteiger partial charge in [0.05, 0.1) is 6.61 Å². The van der Waals surface area contributed by atoms with Crippen LogP contribution in [-0.2, 0) is 17.9 Å². The van der Waals surface area contributed by atoms with Crippen molar-refractivity contribution in [2.24, 2.45) is 4.99 Å². The molecule has 1 atom stereocenters. The number of nitrogens with zero attached hydrogens (tertiary/aromatic N) is 2. The summed E-state index contributed by atoms with van der Waals surface area (Å²) in [5.41, 5.74) is 1.14. The van der Waals surface area contributed by atoms with E-state index in [1.165, 1.54) is 6.07 Å². The third-order valence-electron chi connectivity index (χ3n) is 4.15. The number of rotatable bonds is 5. The van der Waals surface area contributed by atoms with Crippen molar-refractivity contribution in [1.82, 2.24) is 15.5 Å². The van der Waals surface area contributed by atoms with Crippen molar-refractivity contribution in [3.8, 4) is 0 Å². The minimum absolute atomic E-state index is 0. The second-order valence-corrected chi connectivity index (χ2v) is 5.83. The summed E-state index contributed by atoms with van der Waals surface area (Å²) in [5, 5.41) is 15.6. The third kappa shape index (κ3) is 6.10. The monoisotopic (exact) mass is 464 g/mol. The SMILES string of the molecule is CCC(=O)N1CCC(NC(=NC)NCc2ccc(F)c(CO)c2)C1.I. The lowest BCUT2D eigenvalue weighted by atomic mass is 10.1. The van der Waals surface area contributed by atoms with Gasteiger partial charge >= 0.3 is 0 Å². The van der Waals surface area contributed by atoms with Gasteiger partial charge in [0.1, 0.15) is 5.82 Å². The Morgan fingerprint density at radius 3 is 2.88 bits per heavy atom. The molecule has 0 radical (unpaired) electrons. The second-order valence-electron chi connectivity index (χ2n) is 5.83. The van der Waals surface area contributed by atoms with Crippen LogP contribution in [0.2, 0.25) is 0 Å². The largest absolute Gasteiger partial charge is 0.392 e. The number of benzene rings is 1. The van der Waals surface area contributed by atoms with Gasteiger partial charge in [0.25, 0.3) is 0 Å². The first-order valence-corrected chi connectivity index (χ1v) is 8.20. The van der Waals surface area contributed by atoms with Gasteiger partial charge in [-0.3, -0.25) is 9.79 Å². The van der Waals surface area contributed by atoms with Crippen LogP contribution in [-0.4, -0.2) is 48.1 Å². The van der Waals surface area contributed by atoms with E-state index in [2.05, 4.69) is 15.6 Å². The zero-order valence-electron chi connectivity index (χ0n) is 14.6. The molecular formula is C17H26FIN4O2. The number of halogens is 2. The number of aliphatic hydroxyl groups excluding tert-OH is 1. The number of carbonyl (C=O) groups excluding carboxylic acids is 1. The summed E-state index contributed by atoms with van der Waals surface area (Å²) in [4.78, 5) is 17.8. The standard InChI is InChI=1S/C17H25FN4O2.HI/c1-3-16(24)22-7-6-14(10-22)21-17(19-2)20-9-12-4-5-15(18)13(8-12)11-23;/h4-5,8,14,23H,3,6-7,9-11H2,1-2H3,(H2,19,20,21);1H. The number of likely N-dealkylation sites (tertiary alicyclic amines) is 1. The summed E-state index contributed by atoms with van der Waals surface area (Å²) < 4.78 is 13.4. The Labute approximate surface area is 164 Å². The van der Waals surface area contributed by atoms with Crippen LogP contribution in [0.1, 0.15) is 30.9 Å². The summed E-state index contributed by atoms with van der Waals surface area (Å²) in [5.74, 6) is 0.404. The van der Waals surface area contributed by atoms with Gasteiger partial charge in [-0.05, 0) is 24.1 Å². The van der Waals surface area contributed by atoms with Gasteiger partial charge in [0, 0.05) is 44.7 Å². The van der Waals surface area contributed by atoms with Crippen molar-refractivity contribution in [1.29, 1.82) is 0 Å². The maximum absolute atomic E-state index is 13.4. The average molecular weight is 464 g/mol. The van der Waals surface area contributed by atoms with Crippen molar-refractivity contribution in [2.75, 3.05) is 20.1 Å². The van der Waals surface area contributed by atoms with Crippen molar-refractivity contribution in [3.63, 3.8) is 0 Å². The molecule has 25 heavy (non-hydrogen) atoms. The van der Waals surface area contributed by atoms with Crippen LogP contribution in [0, 0.1) is 5.82 Å². The number of hydrogen-bond acceptors (Lipinski definition) is 3. The molecule has 1 aromatic carbocycles. The van der Waals surface area contributed by atoms with Crippen LogP contribution < -0.4 is 10.6 Å². The maximum atomic E-state index is 13.4. The molecule has 0 spiro atoms. The highest BCUT2D eigenvalue weighted by molar-refractivity contribution is 14.0. The molecule has 2 rings (SSSR count). The smallest absolute Gasteiger partial charge is 0.222 e. The summed E-state index contributed by atoms with van der Waals surface area (Å²) in [6, 6.07) is 4.83. The Morgan fingerprint density at radius 2 is 2.24 bits per heavy atom. The average Bonchev–Trinajstić information content (AvgIpc) is 3.07. The molecule has 1 heterocycles. The zero-order valence-corrected chi connectivity index (χ0v) is 16.9. The lowest BCUT2D eigenvalue weighted by Gasteiger charge is -2.19. The second kappa shape index (κ2) is 10.5. The van der Waals surface area contributed by atoms with Crippen molar-refractivity contribution >= 4 is 35.8 Å². The molecule has 1 fully saturated rings. The van der Waals surface area contributed by atoms with Gasteiger partial charge in [-0.25, -0.2) is 4.39 Å². The Kier molecular flexibility index (Phi) is 9.12. The van der Waals surface area contributed by atoms with Gasteiger partial charge in [0.2, 0.25) is 5.91 Å². The third-order valence-corrected chi connectivity index (χ3v) is 4.15. The Morgan fingerprint density at radius 1 is 1.48 bits per heavy atom. The highest BCUT2D eigenvalue weighted by atomic mass is 127. The molecule has 1 aromatic rings. The van der Waals surface area contributed by atoms with Crippen molar-refractivity contribution in [2.45, 2.75) is 39.0 Å². The van der Waals surface area contributed by atoms with E-state index in [-0.39, 0.29) is 48.1 Å². The first kappa shape index (κ1) is 21.6. The lowest BCUT2D eigenvalue weighted by molar-refractivity contribution is -0.129. The number of nitrogens with one attached hydrogen (secondary N) is 2. The molecule has 140 valence electrons. The highest BCUT2D eigenvalue weighted by Crippen LogP contribution is 2.12. The van der Waals surface area contributed by atoms with E-state index in [0.717, 1.165) is 18.5 Å². The molecule has 8 heteroatoms. The van der Waals surface area contributed by atoms with Crippen LogP contribution in [0.4, 0.5) is 4.39 Å². The molecule has 0 bridgehead atoms. The van der Waals surface area contributed by atoms with E-state index in [4.69, 9.17) is 5.11 Å². The summed E-state index contributed by atoms with van der Waals surface area (Å²) in [7, 11) is 1.68. The molecule has 1 saturated heterocycles. The van der Waals surface area contributed by atoms with Gasteiger partial charge in [-0.2, -0.15) is 0 Å². The van der Waals surface area contributed by atoms with E-state index in [1.54, 1.807) is 19.2 Å². The van der Waals surface area contributed by atoms with Crippen LogP contribution in [0.3, 0.4) is 0 Å². The van der Waals surface area contributed by atoms with Crippen molar-refractivity contribution < 1.29 is 14.3 Å². The Bertz CT molecular complexity index is 612. The fourth-order valence-corrected chi connectivity index (χ4v) is 2.76. The number of amides is 1. The Balaban J connectivity index is 0.00000312. The van der Waals surface area contributed by atoms with Crippen LogP contribution >= 0.6 is 24.0 Å². The van der Waals surface area contributed by atoms with E-state index in [9.17, 15) is 9.18 Å². The minimum Gasteiger partial charge on any atom is -0.392 e. The highest BCUT2D eigenvalue weighted by Gasteiger charge is 2.25. The number of hydrogen-bond donors (Lipinski definition) is 3. The van der Waals surface area contributed by atoms with Crippen molar-refractivity contribution in [3.05, 3.63) is 35.1 Å². The molecule has 0 aliphatic carbocycles. The van der Waals surface area contributed by atoms with E-state index in [1.807, 2.05) is 11.8 Å². The van der Waals surface area contributed by atoms with E-state index < -0.39 is 5.82 Å². The molecule has 1 amide bonds. The van der Waals surface area contributed by atoms with E-state index in [0.29, 0.717) is 25.5 Å². The minimum atomic E-state index is -0.407. The molecule has 1 aliphatic heterocycles. The molecule has 0 saturated carbocycles. The number of guanidine groups is 1. The zero-order chi connectivity index (χ0) is 17.5. The molecule has 1 aliphatic rings. The number of aliphatic imine (C=N–C) groups is 1. The molecule has 1 unspecified atom stereocenters.